The van der Waals surface area contributed by atoms with Crippen molar-refractivity contribution < 1.29 is 56.9 Å². The Bertz CT molecular complexity index is 1510. The zero-order valence-electron chi connectivity index (χ0n) is 29.4. The fourth-order valence-electron chi connectivity index (χ4n) is 6.63. The summed E-state index contributed by atoms with van der Waals surface area (Å²) in [4.78, 5) is 11.8. The molecular formula is C36H44Cl3NO12. The molecule has 2 aromatic carbocycles. The van der Waals surface area contributed by atoms with E-state index in [-0.39, 0.29) is 26.4 Å². The minimum Gasteiger partial charge on any atom is -0.463 e. The molecule has 0 spiro atoms. The average molecular weight is 789 g/mol. The highest BCUT2D eigenvalue weighted by atomic mass is 35.6. The van der Waals surface area contributed by atoms with Crippen molar-refractivity contribution in [2.24, 2.45) is 0 Å². The van der Waals surface area contributed by atoms with Gasteiger partial charge in [-0.3, -0.25) is 10.2 Å². The molecule has 2 aromatic rings. The molecule has 4 fully saturated rings. The summed E-state index contributed by atoms with van der Waals surface area (Å²) in [6.07, 6.45) is -8.40. The molecule has 10 atom stereocenters. The number of alkyl halides is 3. The first-order valence-electron chi connectivity index (χ1n) is 17.0. The maximum Gasteiger partial charge on any atom is 0.302 e. The zero-order chi connectivity index (χ0) is 37.3. The Labute approximate surface area is 317 Å². The summed E-state index contributed by atoms with van der Waals surface area (Å²) in [5.41, 5.74) is 1.81. The van der Waals surface area contributed by atoms with E-state index in [9.17, 15) is 4.79 Å². The molecule has 6 rings (SSSR count). The number of rotatable bonds is 12. The van der Waals surface area contributed by atoms with Crippen LogP contribution in [-0.2, 0) is 70.1 Å². The van der Waals surface area contributed by atoms with Crippen molar-refractivity contribution in [1.29, 1.82) is 5.41 Å². The Hall–Kier alpha value is -2.11. The highest BCUT2D eigenvalue weighted by molar-refractivity contribution is 6.76. The Kier molecular flexibility index (Phi) is 12.4. The van der Waals surface area contributed by atoms with Crippen molar-refractivity contribution in [3.8, 4) is 0 Å². The number of halogens is 3. The van der Waals surface area contributed by atoms with Crippen molar-refractivity contribution in [3.63, 3.8) is 0 Å². The second kappa shape index (κ2) is 16.3. The lowest BCUT2D eigenvalue weighted by Crippen LogP contribution is -2.61. The van der Waals surface area contributed by atoms with Gasteiger partial charge in [0.25, 0.3) is 3.79 Å². The monoisotopic (exact) mass is 787 g/mol. The van der Waals surface area contributed by atoms with Crippen molar-refractivity contribution in [2.75, 3.05) is 13.2 Å². The molecule has 1 N–H and O–H groups in total. The Morgan fingerprint density at radius 2 is 1.13 bits per heavy atom. The van der Waals surface area contributed by atoms with Crippen LogP contribution in [0.15, 0.2) is 60.7 Å². The molecule has 4 saturated heterocycles. The predicted octanol–water partition coefficient (Wildman–Crippen LogP) is 5.59. The van der Waals surface area contributed by atoms with Gasteiger partial charge in [-0.15, -0.1) is 0 Å². The number of carbonyl (C=O) groups excluding carboxylic acids is 1. The number of ether oxygens (including phenoxy) is 11. The topological polar surface area (TPSA) is 142 Å². The average Bonchev–Trinajstić information content (AvgIpc) is 3.59. The van der Waals surface area contributed by atoms with Crippen LogP contribution in [-0.4, -0.2) is 102 Å². The fourth-order valence-corrected chi connectivity index (χ4v) is 6.76. The minimum atomic E-state index is -2.17. The van der Waals surface area contributed by atoms with Crippen LogP contribution >= 0.6 is 34.8 Å². The summed E-state index contributed by atoms with van der Waals surface area (Å²) in [6.45, 7) is 8.60. The molecule has 16 heteroatoms. The smallest absolute Gasteiger partial charge is 0.302 e. The van der Waals surface area contributed by atoms with Crippen LogP contribution in [0.5, 0.6) is 0 Å². The van der Waals surface area contributed by atoms with Gasteiger partial charge in [0, 0.05) is 6.92 Å². The molecule has 4 aliphatic heterocycles. The van der Waals surface area contributed by atoms with Gasteiger partial charge in [-0.1, -0.05) is 95.5 Å². The maximum atomic E-state index is 11.8. The van der Waals surface area contributed by atoms with Crippen LogP contribution in [0.3, 0.4) is 0 Å². The van der Waals surface area contributed by atoms with Crippen molar-refractivity contribution >= 4 is 46.7 Å². The number of hydrogen-bond donors (Lipinski definition) is 1. The van der Waals surface area contributed by atoms with Gasteiger partial charge in [0.1, 0.15) is 55.4 Å². The molecule has 0 radical (unpaired) electrons. The van der Waals surface area contributed by atoms with Crippen LogP contribution in [0.25, 0.3) is 0 Å². The molecule has 13 nitrogen and oxygen atoms in total. The van der Waals surface area contributed by atoms with Gasteiger partial charge in [-0.25, -0.2) is 0 Å². The zero-order valence-corrected chi connectivity index (χ0v) is 31.7. The number of esters is 1. The van der Waals surface area contributed by atoms with Crippen molar-refractivity contribution in [2.45, 2.75) is 125 Å². The van der Waals surface area contributed by atoms with Crippen molar-refractivity contribution in [3.05, 3.63) is 71.8 Å². The standard InChI is InChI=1S/C36H44Cl3NO12/c1-20(41)42-18-23-25-27(51-34(2,3)49-25)29(43-16-21-12-8-6-9-13-21)31(46-23)45-19-24-26-28(52-35(4,5)50-26)30(44-17-22-14-10-7-11-15-22)32(47-24)48-33(40)36(37,38)39/h6-15,23-32,40H,16-19H2,1-5H3/t23-,24-,25+,26+,27+,28+,29-,30-,31+,32+/m1/s1. The number of benzene rings is 2. The van der Waals surface area contributed by atoms with E-state index in [0.29, 0.717) is 0 Å². The normalized spacial score (nSPS) is 33.5. The first-order valence-corrected chi connectivity index (χ1v) is 18.1. The number of hydrogen-bond acceptors (Lipinski definition) is 13. The van der Waals surface area contributed by atoms with E-state index in [0.717, 1.165) is 11.1 Å². The molecule has 52 heavy (non-hydrogen) atoms. The van der Waals surface area contributed by atoms with Crippen LogP contribution in [0.4, 0.5) is 0 Å². The highest BCUT2D eigenvalue weighted by Gasteiger charge is 2.59. The van der Waals surface area contributed by atoms with E-state index in [4.69, 9.17) is 92.3 Å². The summed E-state index contributed by atoms with van der Waals surface area (Å²) in [5, 5.41) is 8.34. The first-order chi connectivity index (χ1) is 24.6. The van der Waals surface area contributed by atoms with Crippen LogP contribution in [0.2, 0.25) is 0 Å². The summed E-state index contributed by atoms with van der Waals surface area (Å²) in [5.74, 6) is -3.17. The van der Waals surface area contributed by atoms with Gasteiger partial charge in [0.05, 0.1) is 19.8 Å². The van der Waals surface area contributed by atoms with E-state index < -0.39 is 88.6 Å². The van der Waals surface area contributed by atoms with Gasteiger partial charge < -0.3 is 52.1 Å². The minimum absolute atomic E-state index is 0.105. The lowest BCUT2D eigenvalue weighted by Gasteiger charge is -2.44. The lowest BCUT2D eigenvalue weighted by molar-refractivity contribution is -0.317. The third kappa shape index (κ3) is 9.76. The van der Waals surface area contributed by atoms with Crippen LogP contribution < -0.4 is 0 Å². The predicted molar refractivity (Wildman–Crippen MR) is 187 cm³/mol. The SMILES string of the molecule is CC(=O)OC[C@H]1O[C@H](OC[C@H]2O[C@@H](OC(=N)C(Cl)(Cl)Cl)[C@H](OCc3ccccc3)[C@H]3OC(C)(C)O[C@H]32)[C@H](OCc2ccccc2)[C@H]2OC(C)(C)O[C@H]21. The molecule has 4 aliphatic rings. The summed E-state index contributed by atoms with van der Waals surface area (Å²) < 4.78 is 66.4. The highest BCUT2D eigenvalue weighted by Crippen LogP contribution is 2.42. The lowest BCUT2D eigenvalue weighted by atomic mass is 9.98. The quantitative estimate of drug-likeness (QED) is 0.124. The van der Waals surface area contributed by atoms with E-state index in [1.807, 2.05) is 60.7 Å². The van der Waals surface area contributed by atoms with E-state index >= 15 is 0 Å². The van der Waals surface area contributed by atoms with E-state index in [1.165, 1.54) is 6.92 Å². The van der Waals surface area contributed by atoms with Gasteiger partial charge >= 0.3 is 5.97 Å². The number of fused-ring (bicyclic) bond motifs is 2. The molecule has 0 saturated carbocycles. The van der Waals surface area contributed by atoms with Gasteiger partial charge in [-0.05, 0) is 38.8 Å². The van der Waals surface area contributed by atoms with Crippen LogP contribution in [0, 0.1) is 5.41 Å². The third-order valence-electron chi connectivity index (χ3n) is 8.80. The number of nitrogens with one attached hydrogen (secondary N) is 1. The second-order valence-electron chi connectivity index (χ2n) is 13.8. The summed E-state index contributed by atoms with van der Waals surface area (Å²) >= 11 is 18.0. The summed E-state index contributed by atoms with van der Waals surface area (Å²) in [6, 6.07) is 19.1. The fraction of sp³-hybridized carbons (Fsp3) is 0.611. The molecule has 0 amide bonds. The maximum absolute atomic E-state index is 11.8. The van der Waals surface area contributed by atoms with Gasteiger partial charge in [-0.2, -0.15) is 0 Å². The van der Waals surface area contributed by atoms with E-state index in [1.54, 1.807) is 27.7 Å². The van der Waals surface area contributed by atoms with Gasteiger partial charge in [0.15, 0.2) is 17.9 Å². The molecule has 286 valence electrons. The van der Waals surface area contributed by atoms with Gasteiger partial charge in [0.2, 0.25) is 12.2 Å². The van der Waals surface area contributed by atoms with E-state index in [2.05, 4.69) is 0 Å². The van der Waals surface area contributed by atoms with Crippen molar-refractivity contribution in [1.82, 2.24) is 0 Å². The second-order valence-corrected chi connectivity index (χ2v) is 16.1. The molecule has 0 bridgehead atoms. The van der Waals surface area contributed by atoms with Crippen LogP contribution in [0.1, 0.15) is 45.7 Å². The summed E-state index contributed by atoms with van der Waals surface area (Å²) in [7, 11) is 0. The molecule has 0 aliphatic carbocycles. The largest absolute Gasteiger partial charge is 0.463 e. The first kappa shape index (κ1) is 39.6. The Balaban J connectivity index is 1.25. The molecule has 0 aromatic heterocycles. The number of carbonyl (C=O) groups is 1. The Morgan fingerprint density at radius 1 is 0.692 bits per heavy atom. The Morgan fingerprint density at radius 3 is 1.62 bits per heavy atom. The molecule has 0 unspecified atom stereocenters. The third-order valence-corrected chi connectivity index (χ3v) is 9.31. The molecule has 4 heterocycles. The molecular weight excluding hydrogens is 745 g/mol.